The normalized spacial score (nSPS) is 10.6. The number of nitro groups is 1. The molecule has 0 spiro atoms. The molecule has 0 atom stereocenters. The SMILES string of the molecule is O=Cc1cccc2[nH]c(-c3ccc([N+](=O)[O-])cc3)nc12. The second-order valence-electron chi connectivity index (χ2n) is 4.25. The summed E-state index contributed by atoms with van der Waals surface area (Å²) in [6.45, 7) is 0. The van der Waals surface area contributed by atoms with E-state index in [0.717, 1.165) is 17.4 Å². The largest absolute Gasteiger partial charge is 0.338 e. The van der Waals surface area contributed by atoms with E-state index in [0.29, 0.717) is 16.9 Å². The van der Waals surface area contributed by atoms with E-state index in [1.54, 1.807) is 24.3 Å². The molecule has 2 aromatic carbocycles. The summed E-state index contributed by atoms with van der Waals surface area (Å²) >= 11 is 0. The van der Waals surface area contributed by atoms with Crippen LogP contribution in [-0.2, 0) is 0 Å². The van der Waals surface area contributed by atoms with E-state index < -0.39 is 4.92 Å². The first-order chi connectivity index (χ1) is 9.69. The van der Waals surface area contributed by atoms with Gasteiger partial charge in [0.15, 0.2) is 6.29 Å². The van der Waals surface area contributed by atoms with Crippen LogP contribution in [0.2, 0.25) is 0 Å². The molecule has 20 heavy (non-hydrogen) atoms. The van der Waals surface area contributed by atoms with Gasteiger partial charge in [-0.15, -0.1) is 0 Å². The quantitative estimate of drug-likeness (QED) is 0.449. The van der Waals surface area contributed by atoms with Crippen molar-refractivity contribution in [2.45, 2.75) is 0 Å². The third-order valence-electron chi connectivity index (χ3n) is 3.02. The van der Waals surface area contributed by atoms with Crippen molar-refractivity contribution in [2.75, 3.05) is 0 Å². The van der Waals surface area contributed by atoms with E-state index >= 15 is 0 Å². The molecule has 0 saturated carbocycles. The number of nitrogens with one attached hydrogen (secondary N) is 1. The number of nitrogens with zero attached hydrogens (tertiary/aromatic N) is 2. The zero-order valence-corrected chi connectivity index (χ0v) is 10.2. The molecule has 0 saturated heterocycles. The number of hydrogen-bond donors (Lipinski definition) is 1. The van der Waals surface area contributed by atoms with E-state index in [1.165, 1.54) is 12.1 Å². The minimum atomic E-state index is -0.451. The molecular formula is C14H9N3O3. The topological polar surface area (TPSA) is 88.9 Å². The Morgan fingerprint density at radius 1 is 1.15 bits per heavy atom. The predicted octanol–water partition coefficient (Wildman–Crippen LogP) is 2.95. The molecule has 1 heterocycles. The van der Waals surface area contributed by atoms with Crippen LogP contribution in [0.5, 0.6) is 0 Å². The number of benzene rings is 2. The smallest absolute Gasteiger partial charge is 0.269 e. The fourth-order valence-electron chi connectivity index (χ4n) is 2.03. The van der Waals surface area contributed by atoms with E-state index in [9.17, 15) is 14.9 Å². The molecule has 3 rings (SSSR count). The second kappa shape index (κ2) is 4.58. The van der Waals surface area contributed by atoms with Gasteiger partial charge in [0.25, 0.3) is 5.69 Å². The van der Waals surface area contributed by atoms with Crippen LogP contribution in [0, 0.1) is 10.1 Å². The minimum Gasteiger partial charge on any atom is -0.338 e. The van der Waals surface area contributed by atoms with Gasteiger partial charge in [0, 0.05) is 23.3 Å². The molecule has 0 amide bonds. The number of para-hydroxylation sites is 1. The Kier molecular flexibility index (Phi) is 2.76. The number of non-ortho nitro benzene ring substituents is 1. The fraction of sp³-hybridized carbons (Fsp3) is 0. The van der Waals surface area contributed by atoms with Gasteiger partial charge in [-0.05, 0) is 24.3 Å². The Balaban J connectivity index is 2.10. The monoisotopic (exact) mass is 267 g/mol. The van der Waals surface area contributed by atoms with Crippen molar-refractivity contribution >= 4 is 23.0 Å². The lowest BCUT2D eigenvalue weighted by molar-refractivity contribution is -0.384. The van der Waals surface area contributed by atoms with Crippen molar-refractivity contribution < 1.29 is 9.72 Å². The van der Waals surface area contributed by atoms with Crippen molar-refractivity contribution in [1.29, 1.82) is 0 Å². The molecule has 0 aliphatic carbocycles. The second-order valence-corrected chi connectivity index (χ2v) is 4.25. The van der Waals surface area contributed by atoms with E-state index in [-0.39, 0.29) is 5.69 Å². The summed E-state index contributed by atoms with van der Waals surface area (Å²) in [7, 11) is 0. The molecule has 0 fully saturated rings. The number of aromatic nitrogens is 2. The van der Waals surface area contributed by atoms with Crippen molar-refractivity contribution in [2.24, 2.45) is 0 Å². The first kappa shape index (κ1) is 12.0. The van der Waals surface area contributed by atoms with Gasteiger partial charge in [-0.1, -0.05) is 6.07 Å². The average Bonchev–Trinajstić information content (AvgIpc) is 2.91. The van der Waals surface area contributed by atoms with Crippen molar-refractivity contribution in [3.63, 3.8) is 0 Å². The summed E-state index contributed by atoms with van der Waals surface area (Å²) in [4.78, 5) is 28.6. The summed E-state index contributed by atoms with van der Waals surface area (Å²) in [5.41, 5.74) is 2.60. The number of carbonyl (C=O) groups is 1. The van der Waals surface area contributed by atoms with Crippen molar-refractivity contribution in [1.82, 2.24) is 9.97 Å². The van der Waals surface area contributed by atoms with E-state index in [1.807, 2.05) is 6.07 Å². The molecular weight excluding hydrogens is 258 g/mol. The highest BCUT2D eigenvalue weighted by Gasteiger charge is 2.10. The van der Waals surface area contributed by atoms with Gasteiger partial charge in [0.05, 0.1) is 16.0 Å². The highest BCUT2D eigenvalue weighted by Crippen LogP contribution is 2.24. The van der Waals surface area contributed by atoms with E-state index in [2.05, 4.69) is 9.97 Å². The lowest BCUT2D eigenvalue weighted by Gasteiger charge is -1.95. The molecule has 6 nitrogen and oxygen atoms in total. The lowest BCUT2D eigenvalue weighted by atomic mass is 10.2. The van der Waals surface area contributed by atoms with Crippen molar-refractivity contribution in [3.05, 3.63) is 58.1 Å². The van der Waals surface area contributed by atoms with Crippen LogP contribution in [0.15, 0.2) is 42.5 Å². The number of carbonyl (C=O) groups excluding carboxylic acids is 1. The lowest BCUT2D eigenvalue weighted by Crippen LogP contribution is -1.87. The van der Waals surface area contributed by atoms with Crippen LogP contribution in [0.4, 0.5) is 5.69 Å². The van der Waals surface area contributed by atoms with Crippen LogP contribution in [-0.4, -0.2) is 21.2 Å². The molecule has 3 aromatic rings. The number of nitro benzene ring substituents is 1. The highest BCUT2D eigenvalue weighted by atomic mass is 16.6. The summed E-state index contributed by atoms with van der Waals surface area (Å²) < 4.78 is 0. The number of aldehydes is 1. The minimum absolute atomic E-state index is 0.0263. The molecule has 0 aliphatic rings. The Morgan fingerprint density at radius 3 is 2.55 bits per heavy atom. The first-order valence-electron chi connectivity index (χ1n) is 5.88. The maximum Gasteiger partial charge on any atom is 0.269 e. The molecule has 0 unspecified atom stereocenters. The number of imidazole rings is 1. The molecule has 6 heteroatoms. The van der Waals surface area contributed by atoms with Gasteiger partial charge in [-0.3, -0.25) is 14.9 Å². The summed E-state index contributed by atoms with van der Waals surface area (Å²) in [5.74, 6) is 0.573. The zero-order chi connectivity index (χ0) is 14.1. The number of H-pyrrole nitrogens is 1. The van der Waals surface area contributed by atoms with Crippen LogP contribution >= 0.6 is 0 Å². The van der Waals surface area contributed by atoms with Gasteiger partial charge < -0.3 is 4.98 Å². The Hall–Kier alpha value is -3.02. The zero-order valence-electron chi connectivity index (χ0n) is 10.2. The molecule has 1 aromatic heterocycles. The number of rotatable bonds is 3. The van der Waals surface area contributed by atoms with Gasteiger partial charge in [-0.25, -0.2) is 4.98 Å². The maximum absolute atomic E-state index is 11.0. The van der Waals surface area contributed by atoms with Gasteiger partial charge in [-0.2, -0.15) is 0 Å². The van der Waals surface area contributed by atoms with Crippen LogP contribution < -0.4 is 0 Å². The Bertz CT molecular complexity index is 806. The van der Waals surface area contributed by atoms with Gasteiger partial charge >= 0.3 is 0 Å². The maximum atomic E-state index is 11.0. The molecule has 1 N–H and O–H groups in total. The third-order valence-corrected chi connectivity index (χ3v) is 3.02. The Morgan fingerprint density at radius 2 is 1.90 bits per heavy atom. The van der Waals surface area contributed by atoms with Crippen molar-refractivity contribution in [3.8, 4) is 11.4 Å². The molecule has 0 aliphatic heterocycles. The molecule has 0 radical (unpaired) electrons. The average molecular weight is 267 g/mol. The first-order valence-corrected chi connectivity index (χ1v) is 5.88. The molecule has 98 valence electrons. The number of aromatic amines is 1. The fourth-order valence-corrected chi connectivity index (χ4v) is 2.03. The number of fused-ring (bicyclic) bond motifs is 1. The van der Waals surface area contributed by atoms with Gasteiger partial charge in [0.1, 0.15) is 5.82 Å². The van der Waals surface area contributed by atoms with Crippen LogP contribution in [0.1, 0.15) is 10.4 Å². The van der Waals surface area contributed by atoms with Gasteiger partial charge in [0.2, 0.25) is 0 Å². The highest BCUT2D eigenvalue weighted by molar-refractivity contribution is 5.95. The predicted molar refractivity (Wildman–Crippen MR) is 73.6 cm³/mol. The summed E-state index contributed by atoms with van der Waals surface area (Å²) in [6.07, 6.45) is 0.753. The van der Waals surface area contributed by atoms with E-state index in [4.69, 9.17) is 0 Å². The molecule has 0 bridgehead atoms. The standard InChI is InChI=1S/C14H9N3O3/c18-8-10-2-1-3-12-13(10)16-14(15-12)9-4-6-11(7-5-9)17(19)20/h1-8H,(H,15,16). The summed E-state index contributed by atoms with van der Waals surface area (Å²) in [5, 5.41) is 10.6. The third kappa shape index (κ3) is 1.93. The van der Waals surface area contributed by atoms with Crippen LogP contribution in [0.25, 0.3) is 22.4 Å². The number of hydrogen-bond acceptors (Lipinski definition) is 4. The summed E-state index contributed by atoms with van der Waals surface area (Å²) in [6, 6.07) is 11.4. The Labute approximate surface area is 113 Å². The van der Waals surface area contributed by atoms with Crippen LogP contribution in [0.3, 0.4) is 0 Å².